The van der Waals surface area contributed by atoms with E-state index in [4.69, 9.17) is 14.5 Å². The number of benzene rings is 1. The van der Waals surface area contributed by atoms with Gasteiger partial charge in [-0.05, 0) is 31.9 Å². The van der Waals surface area contributed by atoms with E-state index in [1.165, 1.54) is 0 Å². The fourth-order valence-electron chi connectivity index (χ4n) is 3.49. The number of hydrogen-bond donors (Lipinski definition) is 1. The van der Waals surface area contributed by atoms with E-state index in [-0.39, 0.29) is 23.7 Å². The zero-order chi connectivity index (χ0) is 19.2. The van der Waals surface area contributed by atoms with E-state index in [0.29, 0.717) is 13.2 Å². The molecule has 146 valence electrons. The lowest BCUT2D eigenvalue weighted by Gasteiger charge is -2.29. The van der Waals surface area contributed by atoms with Crippen molar-refractivity contribution in [2.24, 2.45) is 5.92 Å². The second kappa shape index (κ2) is 9.28. The number of para-hydroxylation sites is 1. The van der Waals surface area contributed by atoms with Crippen molar-refractivity contribution >= 4 is 33.4 Å². The molecular formula is C20H26N2O4S. The minimum Gasteiger partial charge on any atom is -0.452 e. The third kappa shape index (κ3) is 4.84. The first-order valence-electron chi connectivity index (χ1n) is 9.42. The highest BCUT2D eigenvalue weighted by Crippen LogP contribution is 2.41. The number of hydrogen-bond acceptors (Lipinski definition) is 6. The molecule has 1 saturated carbocycles. The minimum atomic E-state index is -0.813. The van der Waals surface area contributed by atoms with Crippen LogP contribution < -0.4 is 5.32 Å². The molecule has 0 radical (unpaired) electrons. The maximum absolute atomic E-state index is 12.8. The van der Waals surface area contributed by atoms with Crippen LogP contribution in [0, 0.1) is 5.92 Å². The van der Waals surface area contributed by atoms with Crippen molar-refractivity contribution in [3.05, 3.63) is 29.3 Å². The summed E-state index contributed by atoms with van der Waals surface area (Å²) >= 11 is 1.65. The van der Waals surface area contributed by atoms with Crippen molar-refractivity contribution in [2.45, 2.75) is 44.6 Å². The van der Waals surface area contributed by atoms with E-state index in [2.05, 4.69) is 11.4 Å². The van der Waals surface area contributed by atoms with Crippen molar-refractivity contribution in [1.82, 2.24) is 10.3 Å². The summed E-state index contributed by atoms with van der Waals surface area (Å²) in [4.78, 5) is 29.6. The SMILES string of the molecule is COCCNC(=O)[C@H](C)OC(=O)[C@@H]1CCCC[C@@H]1c1nc2ccccc2s1. The Labute approximate surface area is 163 Å². The first-order chi connectivity index (χ1) is 13.1. The molecule has 7 heteroatoms. The van der Waals surface area contributed by atoms with E-state index < -0.39 is 6.10 Å². The number of rotatable bonds is 7. The Morgan fingerprint density at radius 2 is 2.07 bits per heavy atom. The highest BCUT2D eigenvalue weighted by molar-refractivity contribution is 7.18. The van der Waals surface area contributed by atoms with Crippen molar-refractivity contribution in [1.29, 1.82) is 0 Å². The number of methoxy groups -OCH3 is 1. The van der Waals surface area contributed by atoms with Crippen LogP contribution in [0.5, 0.6) is 0 Å². The second-order valence-electron chi connectivity index (χ2n) is 6.88. The predicted molar refractivity (Wildman–Crippen MR) is 105 cm³/mol. The van der Waals surface area contributed by atoms with Crippen LogP contribution in [0.2, 0.25) is 0 Å². The van der Waals surface area contributed by atoms with Gasteiger partial charge >= 0.3 is 5.97 Å². The molecule has 1 aromatic heterocycles. The summed E-state index contributed by atoms with van der Waals surface area (Å²) in [6.07, 6.45) is 2.96. The number of thiazole rings is 1. The summed E-state index contributed by atoms with van der Waals surface area (Å²) in [5, 5.41) is 3.70. The standard InChI is InChI=1S/C20H26N2O4S/c1-13(18(23)21-11-12-25-2)26-20(24)15-8-4-3-7-14(15)19-22-16-9-5-6-10-17(16)27-19/h5-6,9-10,13-15H,3-4,7-8,11-12H2,1-2H3,(H,21,23)/t13-,14-,15+/m0/s1. The van der Waals surface area contributed by atoms with Gasteiger partial charge in [-0.15, -0.1) is 11.3 Å². The molecule has 1 heterocycles. The van der Waals surface area contributed by atoms with Crippen molar-refractivity contribution < 1.29 is 19.1 Å². The van der Waals surface area contributed by atoms with Gasteiger partial charge in [-0.1, -0.05) is 25.0 Å². The van der Waals surface area contributed by atoms with Gasteiger partial charge in [0.05, 0.1) is 27.7 Å². The largest absolute Gasteiger partial charge is 0.452 e. The molecule has 0 spiro atoms. The van der Waals surface area contributed by atoms with Crippen molar-refractivity contribution in [3.63, 3.8) is 0 Å². The quantitative estimate of drug-likeness (QED) is 0.580. The monoisotopic (exact) mass is 390 g/mol. The zero-order valence-electron chi connectivity index (χ0n) is 15.8. The van der Waals surface area contributed by atoms with E-state index in [1.54, 1.807) is 25.4 Å². The molecule has 1 fully saturated rings. The van der Waals surface area contributed by atoms with E-state index >= 15 is 0 Å². The predicted octanol–water partition coefficient (Wildman–Crippen LogP) is 3.26. The molecular weight excluding hydrogens is 364 g/mol. The van der Waals surface area contributed by atoms with Crippen LogP contribution >= 0.6 is 11.3 Å². The number of esters is 1. The van der Waals surface area contributed by atoms with Crippen molar-refractivity contribution in [2.75, 3.05) is 20.3 Å². The highest BCUT2D eigenvalue weighted by Gasteiger charge is 2.36. The van der Waals surface area contributed by atoms with Gasteiger partial charge in [-0.3, -0.25) is 9.59 Å². The average molecular weight is 391 g/mol. The van der Waals surface area contributed by atoms with Crippen LogP contribution in [0.25, 0.3) is 10.2 Å². The maximum Gasteiger partial charge on any atom is 0.310 e. The van der Waals surface area contributed by atoms with Crippen LogP contribution in [-0.4, -0.2) is 43.2 Å². The summed E-state index contributed by atoms with van der Waals surface area (Å²) in [6, 6.07) is 8.03. The Kier molecular flexibility index (Phi) is 6.79. The third-order valence-corrected chi connectivity index (χ3v) is 6.13. The number of aromatic nitrogens is 1. The summed E-state index contributed by atoms with van der Waals surface area (Å²) in [5.74, 6) is -0.776. The van der Waals surface area contributed by atoms with Gasteiger partial charge in [-0.2, -0.15) is 0 Å². The lowest BCUT2D eigenvalue weighted by atomic mass is 9.79. The summed E-state index contributed by atoms with van der Waals surface area (Å²) < 4.78 is 11.5. The van der Waals surface area contributed by atoms with Crippen LogP contribution in [0.3, 0.4) is 0 Å². The van der Waals surface area contributed by atoms with Gasteiger partial charge in [-0.25, -0.2) is 4.98 Å². The van der Waals surface area contributed by atoms with Crippen LogP contribution in [-0.2, 0) is 19.1 Å². The lowest BCUT2D eigenvalue weighted by molar-refractivity contribution is -0.160. The molecule has 0 bridgehead atoms. The number of amides is 1. The Bertz CT molecular complexity index is 758. The highest BCUT2D eigenvalue weighted by atomic mass is 32.1. The van der Waals surface area contributed by atoms with Gasteiger partial charge in [0.15, 0.2) is 6.10 Å². The Morgan fingerprint density at radius 3 is 2.85 bits per heavy atom. The molecule has 0 saturated heterocycles. The normalized spacial score (nSPS) is 21.0. The molecule has 3 rings (SSSR count). The first-order valence-corrected chi connectivity index (χ1v) is 10.2. The molecule has 0 aliphatic heterocycles. The van der Waals surface area contributed by atoms with Crippen LogP contribution in [0.15, 0.2) is 24.3 Å². The molecule has 1 aromatic carbocycles. The smallest absolute Gasteiger partial charge is 0.310 e. The summed E-state index contributed by atoms with van der Waals surface area (Å²) in [6.45, 7) is 2.43. The topological polar surface area (TPSA) is 77.5 Å². The molecule has 1 N–H and O–H groups in total. The van der Waals surface area contributed by atoms with Crippen molar-refractivity contribution in [3.8, 4) is 0 Å². The lowest BCUT2D eigenvalue weighted by Crippen LogP contribution is -2.39. The van der Waals surface area contributed by atoms with E-state index in [0.717, 1.165) is 40.9 Å². The van der Waals surface area contributed by atoms with Gasteiger partial charge in [0, 0.05) is 19.6 Å². The molecule has 0 unspecified atom stereocenters. The molecule has 1 aliphatic rings. The Morgan fingerprint density at radius 1 is 1.30 bits per heavy atom. The fraction of sp³-hybridized carbons (Fsp3) is 0.550. The molecule has 27 heavy (non-hydrogen) atoms. The number of nitrogens with zero attached hydrogens (tertiary/aromatic N) is 1. The molecule has 3 atom stereocenters. The maximum atomic E-state index is 12.8. The molecule has 2 aromatic rings. The third-order valence-electron chi connectivity index (χ3n) is 4.96. The van der Waals surface area contributed by atoms with Crippen LogP contribution in [0.4, 0.5) is 0 Å². The molecule has 6 nitrogen and oxygen atoms in total. The number of carbonyl (C=O) groups excluding carboxylic acids is 2. The zero-order valence-corrected chi connectivity index (χ0v) is 16.6. The average Bonchev–Trinajstić information content (AvgIpc) is 3.12. The number of carbonyl (C=O) groups is 2. The Balaban J connectivity index is 1.67. The molecule has 1 aliphatic carbocycles. The van der Waals surface area contributed by atoms with Gasteiger partial charge in [0.2, 0.25) is 0 Å². The Hall–Kier alpha value is -1.99. The van der Waals surface area contributed by atoms with Crippen LogP contribution in [0.1, 0.15) is 43.5 Å². The van der Waals surface area contributed by atoms with E-state index in [1.807, 2.05) is 18.2 Å². The van der Waals surface area contributed by atoms with Gasteiger partial charge < -0.3 is 14.8 Å². The number of ether oxygens (including phenoxy) is 2. The van der Waals surface area contributed by atoms with E-state index in [9.17, 15) is 9.59 Å². The van der Waals surface area contributed by atoms with Gasteiger partial charge in [0.25, 0.3) is 5.91 Å². The summed E-state index contributed by atoms with van der Waals surface area (Å²) in [7, 11) is 1.57. The fourth-order valence-corrected chi connectivity index (χ4v) is 4.66. The minimum absolute atomic E-state index is 0.0624. The number of fused-ring (bicyclic) bond motifs is 1. The summed E-state index contributed by atoms with van der Waals surface area (Å²) in [5.41, 5.74) is 0.973. The number of nitrogens with one attached hydrogen (secondary N) is 1. The second-order valence-corrected chi connectivity index (χ2v) is 7.94. The van der Waals surface area contributed by atoms with Gasteiger partial charge in [0.1, 0.15) is 0 Å². The molecule has 1 amide bonds. The first kappa shape index (κ1) is 19.8.